The molecule has 8 heteroatoms. The quantitative estimate of drug-likeness (QED) is 0.708. The molecule has 2 aromatic rings. The fourth-order valence-electron chi connectivity index (χ4n) is 2.90. The average molecular weight is 380 g/mol. The van der Waals surface area contributed by atoms with E-state index in [1.807, 2.05) is 12.1 Å². The first-order valence-electron chi connectivity index (χ1n) is 8.71. The van der Waals surface area contributed by atoms with Crippen molar-refractivity contribution >= 4 is 12.0 Å². The minimum absolute atomic E-state index is 0.111. The lowest BCUT2D eigenvalue weighted by molar-refractivity contribution is -0.125. The smallest absolute Gasteiger partial charge is 0.251 e. The van der Waals surface area contributed by atoms with Gasteiger partial charge in [-0.25, -0.2) is 9.97 Å². The van der Waals surface area contributed by atoms with Crippen LogP contribution in [0.5, 0.6) is 17.4 Å². The first-order valence-corrected chi connectivity index (χ1v) is 8.71. The lowest BCUT2D eigenvalue weighted by atomic mass is 10.2. The fraction of sp³-hybridized carbons (Fsp3) is 0.300. The van der Waals surface area contributed by atoms with Crippen molar-refractivity contribution in [1.82, 2.24) is 14.9 Å². The number of ether oxygens (including phenoxy) is 3. The van der Waals surface area contributed by atoms with E-state index in [9.17, 15) is 4.79 Å². The van der Waals surface area contributed by atoms with E-state index in [-0.39, 0.29) is 23.6 Å². The standard InChI is InChI=1S/C20H20N4O4/c1-26-17-5-3-14(11-18(17)27-2)4-6-19(25)24-10-7-15(13-24)28-20-16(12-21)22-8-9-23-20/h3-6,8-9,11,15H,7,10,13H2,1-2H3/b6-4+. The van der Waals surface area contributed by atoms with Gasteiger partial charge in [-0.1, -0.05) is 6.07 Å². The molecule has 0 saturated carbocycles. The Hall–Kier alpha value is -3.60. The second-order valence-corrected chi connectivity index (χ2v) is 6.08. The van der Waals surface area contributed by atoms with E-state index in [2.05, 4.69) is 9.97 Å². The van der Waals surface area contributed by atoms with Crippen LogP contribution in [-0.2, 0) is 4.79 Å². The van der Waals surface area contributed by atoms with Crippen LogP contribution in [0.1, 0.15) is 17.7 Å². The van der Waals surface area contributed by atoms with Crippen molar-refractivity contribution in [3.63, 3.8) is 0 Å². The van der Waals surface area contributed by atoms with Crippen molar-refractivity contribution in [1.29, 1.82) is 5.26 Å². The van der Waals surface area contributed by atoms with E-state index < -0.39 is 0 Å². The van der Waals surface area contributed by atoms with Crippen molar-refractivity contribution in [2.45, 2.75) is 12.5 Å². The minimum Gasteiger partial charge on any atom is -0.493 e. The molecule has 1 aliphatic heterocycles. The van der Waals surface area contributed by atoms with Gasteiger partial charge in [0, 0.05) is 31.4 Å². The van der Waals surface area contributed by atoms with Crippen molar-refractivity contribution in [3.8, 4) is 23.4 Å². The summed E-state index contributed by atoms with van der Waals surface area (Å²) < 4.78 is 16.2. The van der Waals surface area contributed by atoms with Gasteiger partial charge in [0.15, 0.2) is 11.5 Å². The predicted octanol–water partition coefficient (Wildman–Crippen LogP) is 2.06. The van der Waals surface area contributed by atoms with Gasteiger partial charge in [-0.2, -0.15) is 5.26 Å². The predicted molar refractivity (Wildman–Crippen MR) is 101 cm³/mol. The lowest BCUT2D eigenvalue weighted by Crippen LogP contribution is -2.29. The number of nitrogens with zero attached hydrogens (tertiary/aromatic N) is 4. The van der Waals surface area contributed by atoms with Crippen LogP contribution in [0.25, 0.3) is 6.08 Å². The zero-order chi connectivity index (χ0) is 19.9. The van der Waals surface area contributed by atoms with Crippen molar-refractivity contribution in [2.24, 2.45) is 0 Å². The molecule has 1 unspecified atom stereocenters. The zero-order valence-electron chi connectivity index (χ0n) is 15.7. The Labute approximate surface area is 163 Å². The van der Waals surface area contributed by atoms with Crippen LogP contribution in [0.15, 0.2) is 36.7 Å². The highest BCUT2D eigenvalue weighted by atomic mass is 16.5. The largest absolute Gasteiger partial charge is 0.493 e. The highest BCUT2D eigenvalue weighted by Gasteiger charge is 2.27. The first kappa shape index (κ1) is 19.2. The van der Waals surface area contributed by atoms with Gasteiger partial charge in [-0.15, -0.1) is 0 Å². The van der Waals surface area contributed by atoms with Crippen LogP contribution in [0.4, 0.5) is 0 Å². The highest BCUT2D eigenvalue weighted by Crippen LogP contribution is 2.28. The van der Waals surface area contributed by atoms with E-state index in [0.717, 1.165) is 5.56 Å². The summed E-state index contributed by atoms with van der Waals surface area (Å²) in [5.41, 5.74) is 0.969. The van der Waals surface area contributed by atoms with Crippen LogP contribution in [0.3, 0.4) is 0 Å². The van der Waals surface area contributed by atoms with E-state index in [1.165, 1.54) is 18.5 Å². The van der Waals surface area contributed by atoms with Crippen molar-refractivity contribution in [2.75, 3.05) is 27.3 Å². The number of likely N-dealkylation sites (tertiary alicyclic amines) is 1. The van der Waals surface area contributed by atoms with Crippen LogP contribution in [0.2, 0.25) is 0 Å². The average Bonchev–Trinajstić information content (AvgIpc) is 3.20. The summed E-state index contributed by atoms with van der Waals surface area (Å²) >= 11 is 0. The van der Waals surface area contributed by atoms with Gasteiger partial charge in [-0.3, -0.25) is 4.79 Å². The number of carbonyl (C=O) groups is 1. The van der Waals surface area contributed by atoms with Crippen LogP contribution in [-0.4, -0.2) is 54.2 Å². The van der Waals surface area contributed by atoms with Gasteiger partial charge in [0.2, 0.25) is 11.6 Å². The summed E-state index contributed by atoms with van der Waals surface area (Å²) in [6, 6.07) is 7.39. The summed E-state index contributed by atoms with van der Waals surface area (Å²) in [5.74, 6) is 1.32. The summed E-state index contributed by atoms with van der Waals surface area (Å²) in [6.45, 7) is 0.998. The first-order chi connectivity index (χ1) is 13.6. The molecular formula is C20H20N4O4. The molecule has 144 valence electrons. The summed E-state index contributed by atoms with van der Waals surface area (Å²) in [5, 5.41) is 9.06. The summed E-state index contributed by atoms with van der Waals surface area (Å²) in [4.78, 5) is 22.1. The minimum atomic E-state index is -0.220. The Bertz CT molecular complexity index is 923. The Morgan fingerprint density at radius 1 is 1.25 bits per heavy atom. The number of methoxy groups -OCH3 is 2. The maximum atomic E-state index is 12.5. The summed E-state index contributed by atoms with van der Waals surface area (Å²) in [6.07, 6.45) is 6.61. The third-order valence-electron chi connectivity index (χ3n) is 4.33. The SMILES string of the molecule is COc1ccc(/C=C/C(=O)N2CCC(Oc3nccnc3C#N)C2)cc1OC. The molecule has 0 radical (unpaired) electrons. The molecule has 1 saturated heterocycles. The molecular weight excluding hydrogens is 360 g/mol. The molecule has 0 spiro atoms. The molecule has 0 N–H and O–H groups in total. The number of hydrogen-bond donors (Lipinski definition) is 0. The Kier molecular flexibility index (Phi) is 6.07. The number of nitriles is 1. The number of aromatic nitrogens is 2. The van der Waals surface area contributed by atoms with E-state index in [4.69, 9.17) is 19.5 Å². The molecule has 1 aliphatic rings. The lowest BCUT2D eigenvalue weighted by Gasteiger charge is -2.15. The van der Waals surface area contributed by atoms with Gasteiger partial charge >= 0.3 is 0 Å². The Morgan fingerprint density at radius 3 is 2.79 bits per heavy atom. The molecule has 1 atom stereocenters. The van der Waals surface area contributed by atoms with E-state index in [1.54, 1.807) is 37.3 Å². The molecule has 0 aliphatic carbocycles. The number of amides is 1. The maximum absolute atomic E-state index is 12.5. The topological polar surface area (TPSA) is 97.6 Å². The Morgan fingerprint density at radius 2 is 2.04 bits per heavy atom. The van der Waals surface area contributed by atoms with E-state index >= 15 is 0 Å². The van der Waals surface area contributed by atoms with Gasteiger partial charge in [0.25, 0.3) is 5.88 Å². The summed E-state index contributed by atoms with van der Waals surface area (Å²) in [7, 11) is 3.14. The second kappa shape index (κ2) is 8.86. The van der Waals surface area contributed by atoms with Crippen LogP contribution in [0, 0.1) is 11.3 Å². The monoisotopic (exact) mass is 380 g/mol. The van der Waals surface area contributed by atoms with Gasteiger partial charge in [0.1, 0.15) is 12.2 Å². The third-order valence-corrected chi connectivity index (χ3v) is 4.33. The zero-order valence-corrected chi connectivity index (χ0v) is 15.7. The van der Waals surface area contributed by atoms with Gasteiger partial charge in [-0.05, 0) is 23.8 Å². The molecule has 0 bridgehead atoms. The van der Waals surface area contributed by atoms with E-state index in [0.29, 0.717) is 31.0 Å². The molecule has 1 aromatic carbocycles. The number of rotatable bonds is 6. The van der Waals surface area contributed by atoms with Crippen LogP contribution < -0.4 is 14.2 Å². The number of carbonyl (C=O) groups excluding carboxylic acids is 1. The van der Waals surface area contributed by atoms with Crippen LogP contribution >= 0.6 is 0 Å². The number of benzene rings is 1. The molecule has 3 rings (SSSR count). The molecule has 2 heterocycles. The van der Waals surface area contributed by atoms with Gasteiger partial charge in [0.05, 0.1) is 20.8 Å². The molecule has 8 nitrogen and oxygen atoms in total. The molecule has 1 amide bonds. The van der Waals surface area contributed by atoms with Gasteiger partial charge < -0.3 is 19.1 Å². The second-order valence-electron chi connectivity index (χ2n) is 6.08. The highest BCUT2D eigenvalue weighted by molar-refractivity contribution is 5.92. The normalized spacial score (nSPS) is 16.0. The molecule has 1 fully saturated rings. The molecule has 28 heavy (non-hydrogen) atoms. The molecule has 1 aromatic heterocycles. The Balaban J connectivity index is 1.60. The third kappa shape index (κ3) is 4.38. The van der Waals surface area contributed by atoms with Crippen molar-refractivity contribution < 1.29 is 19.0 Å². The fourth-order valence-corrected chi connectivity index (χ4v) is 2.90. The number of hydrogen-bond acceptors (Lipinski definition) is 7. The van der Waals surface area contributed by atoms with Crippen molar-refractivity contribution in [3.05, 3.63) is 47.9 Å². The maximum Gasteiger partial charge on any atom is 0.251 e.